The van der Waals surface area contributed by atoms with Gasteiger partial charge in [-0.25, -0.2) is 0 Å². The van der Waals surface area contributed by atoms with Crippen LogP contribution in [0.5, 0.6) is 0 Å². The van der Waals surface area contributed by atoms with Crippen LogP contribution in [0.25, 0.3) is 75.1 Å². The summed E-state index contributed by atoms with van der Waals surface area (Å²) in [5.74, 6) is 0. The van der Waals surface area contributed by atoms with Crippen LogP contribution < -0.4 is 4.90 Å². The van der Waals surface area contributed by atoms with Gasteiger partial charge in [-0.3, -0.25) is 0 Å². The summed E-state index contributed by atoms with van der Waals surface area (Å²) >= 11 is 1.86. The summed E-state index contributed by atoms with van der Waals surface area (Å²) in [5.41, 5.74) is 13.7. The van der Waals surface area contributed by atoms with E-state index < -0.39 is 0 Å². The molecule has 11 rings (SSSR count). The number of benzene rings is 9. The van der Waals surface area contributed by atoms with E-state index in [9.17, 15) is 0 Å². The second kappa shape index (κ2) is 12.3. The van der Waals surface area contributed by atoms with E-state index in [0.29, 0.717) is 0 Å². The predicted molar refractivity (Wildman–Crippen MR) is 237 cm³/mol. The van der Waals surface area contributed by atoms with E-state index in [4.69, 9.17) is 0 Å². The Balaban J connectivity index is 1.13. The van der Waals surface area contributed by atoms with Crippen LogP contribution in [-0.4, -0.2) is 0 Å². The molecule has 1 heterocycles. The first-order chi connectivity index (χ1) is 27.0. The molecule has 0 spiro atoms. The standard InChI is InChI=1S/C53H37NS/c1-53(2)46-20-8-5-17-44(46)52-43(19-11-21-47(52)53)40-15-6-9-22-48(40)54(49-23-12-18-39-38-14-4-3-13-35(38)27-31-41(39)49)37-29-25-34(26-30-37)36-28-32-51-45(33-36)42-16-7-10-24-50(42)55-51/h3-33H,1-2H3. The quantitative estimate of drug-likeness (QED) is 0.160. The maximum atomic E-state index is 2.48. The van der Waals surface area contributed by atoms with E-state index in [1.165, 1.54) is 86.2 Å². The van der Waals surface area contributed by atoms with E-state index >= 15 is 0 Å². The van der Waals surface area contributed by atoms with Gasteiger partial charge in [-0.1, -0.05) is 159 Å². The first-order valence-electron chi connectivity index (χ1n) is 19.1. The van der Waals surface area contributed by atoms with Crippen molar-refractivity contribution in [2.75, 3.05) is 4.90 Å². The normalized spacial score (nSPS) is 13.1. The Kier molecular flexibility index (Phi) is 7.14. The van der Waals surface area contributed by atoms with Crippen molar-refractivity contribution in [2.24, 2.45) is 0 Å². The highest BCUT2D eigenvalue weighted by atomic mass is 32.1. The molecule has 0 saturated carbocycles. The van der Waals surface area contributed by atoms with Crippen molar-refractivity contribution in [3.05, 3.63) is 199 Å². The van der Waals surface area contributed by atoms with Crippen LogP contribution in [0.4, 0.5) is 17.1 Å². The Hall–Kier alpha value is -6.48. The first-order valence-corrected chi connectivity index (χ1v) is 19.9. The van der Waals surface area contributed by atoms with Crippen LogP contribution in [0.3, 0.4) is 0 Å². The summed E-state index contributed by atoms with van der Waals surface area (Å²) in [6.45, 7) is 4.72. The lowest BCUT2D eigenvalue weighted by atomic mass is 9.82. The second-order valence-corrected chi connectivity index (χ2v) is 16.4. The number of hydrogen-bond acceptors (Lipinski definition) is 2. The van der Waals surface area contributed by atoms with Crippen molar-refractivity contribution in [3.63, 3.8) is 0 Å². The van der Waals surface area contributed by atoms with Gasteiger partial charge in [0.2, 0.25) is 0 Å². The lowest BCUT2D eigenvalue weighted by molar-refractivity contribution is 0.660. The monoisotopic (exact) mass is 719 g/mol. The zero-order chi connectivity index (χ0) is 36.7. The minimum atomic E-state index is -0.0819. The molecule has 0 amide bonds. The van der Waals surface area contributed by atoms with E-state index in [2.05, 4.69) is 207 Å². The topological polar surface area (TPSA) is 3.24 Å². The molecule has 0 N–H and O–H groups in total. The molecular formula is C53H37NS. The molecular weight excluding hydrogens is 683 g/mol. The van der Waals surface area contributed by atoms with Crippen LogP contribution in [0.15, 0.2) is 188 Å². The van der Waals surface area contributed by atoms with Gasteiger partial charge in [0.25, 0.3) is 0 Å². The number of para-hydroxylation sites is 1. The SMILES string of the molecule is CC1(C)c2ccccc2-c2c(-c3ccccc3N(c3ccc(-c4ccc5sc6ccccc6c5c4)cc3)c3cccc4c3ccc3ccccc34)cccc21. The Labute approximate surface area is 325 Å². The lowest BCUT2D eigenvalue weighted by Crippen LogP contribution is -2.15. The van der Waals surface area contributed by atoms with E-state index in [1.807, 2.05) is 11.3 Å². The number of fused-ring (bicyclic) bond motifs is 9. The fourth-order valence-electron chi connectivity index (χ4n) is 9.21. The van der Waals surface area contributed by atoms with Gasteiger partial charge in [0, 0.05) is 42.2 Å². The lowest BCUT2D eigenvalue weighted by Gasteiger charge is -2.30. The molecule has 2 heteroatoms. The molecule has 0 bridgehead atoms. The third kappa shape index (κ3) is 4.92. The van der Waals surface area contributed by atoms with Gasteiger partial charge in [-0.2, -0.15) is 0 Å². The van der Waals surface area contributed by atoms with Gasteiger partial charge < -0.3 is 4.90 Å². The molecule has 1 nitrogen and oxygen atoms in total. The van der Waals surface area contributed by atoms with Gasteiger partial charge in [-0.05, 0) is 97.6 Å². The minimum Gasteiger partial charge on any atom is -0.309 e. The minimum absolute atomic E-state index is 0.0819. The summed E-state index contributed by atoms with van der Waals surface area (Å²) < 4.78 is 2.66. The third-order valence-electron chi connectivity index (χ3n) is 11.9. The highest BCUT2D eigenvalue weighted by Crippen LogP contribution is 2.54. The van der Waals surface area contributed by atoms with Crippen LogP contribution in [0, 0.1) is 0 Å². The van der Waals surface area contributed by atoms with Crippen molar-refractivity contribution in [1.82, 2.24) is 0 Å². The molecule has 0 saturated heterocycles. The van der Waals surface area contributed by atoms with Gasteiger partial charge in [0.1, 0.15) is 0 Å². The van der Waals surface area contributed by atoms with Gasteiger partial charge >= 0.3 is 0 Å². The largest absolute Gasteiger partial charge is 0.309 e. The Morgan fingerprint density at radius 3 is 1.93 bits per heavy atom. The highest BCUT2D eigenvalue weighted by Gasteiger charge is 2.37. The molecule has 0 unspecified atom stereocenters. The van der Waals surface area contributed by atoms with Crippen molar-refractivity contribution in [3.8, 4) is 33.4 Å². The fourth-order valence-corrected chi connectivity index (χ4v) is 10.3. The highest BCUT2D eigenvalue weighted by molar-refractivity contribution is 7.25. The number of thiophene rings is 1. The Morgan fingerprint density at radius 1 is 0.400 bits per heavy atom. The zero-order valence-corrected chi connectivity index (χ0v) is 31.6. The summed E-state index contributed by atoms with van der Waals surface area (Å²) in [7, 11) is 0. The maximum Gasteiger partial charge on any atom is 0.0540 e. The first kappa shape index (κ1) is 32.0. The smallest absolute Gasteiger partial charge is 0.0540 e. The zero-order valence-electron chi connectivity index (χ0n) is 30.8. The van der Waals surface area contributed by atoms with Crippen molar-refractivity contribution >= 4 is 70.1 Å². The number of hydrogen-bond donors (Lipinski definition) is 0. The molecule has 260 valence electrons. The number of nitrogens with zero attached hydrogens (tertiary/aromatic N) is 1. The molecule has 9 aromatic carbocycles. The van der Waals surface area contributed by atoms with Crippen LogP contribution in [0.1, 0.15) is 25.0 Å². The van der Waals surface area contributed by atoms with Crippen LogP contribution in [-0.2, 0) is 5.41 Å². The maximum absolute atomic E-state index is 2.48. The van der Waals surface area contributed by atoms with Crippen LogP contribution in [0.2, 0.25) is 0 Å². The fraction of sp³-hybridized carbons (Fsp3) is 0.0566. The molecule has 1 aliphatic rings. The molecule has 0 aliphatic heterocycles. The summed E-state index contributed by atoms with van der Waals surface area (Å²) in [5, 5.41) is 7.63. The average molecular weight is 720 g/mol. The molecule has 0 radical (unpaired) electrons. The molecule has 0 fully saturated rings. The Bertz CT molecular complexity index is 3130. The van der Waals surface area contributed by atoms with E-state index in [1.54, 1.807) is 0 Å². The predicted octanol–water partition coefficient (Wildman–Crippen LogP) is 15.5. The van der Waals surface area contributed by atoms with Crippen molar-refractivity contribution in [2.45, 2.75) is 19.3 Å². The average Bonchev–Trinajstić information content (AvgIpc) is 3.73. The molecule has 10 aromatic rings. The number of rotatable bonds is 5. The van der Waals surface area contributed by atoms with Crippen molar-refractivity contribution < 1.29 is 0 Å². The van der Waals surface area contributed by atoms with Gasteiger partial charge in [0.05, 0.1) is 11.4 Å². The van der Waals surface area contributed by atoms with E-state index in [0.717, 1.165) is 17.1 Å². The Morgan fingerprint density at radius 2 is 1.04 bits per heavy atom. The van der Waals surface area contributed by atoms with Gasteiger partial charge in [-0.15, -0.1) is 11.3 Å². The summed E-state index contributed by atoms with van der Waals surface area (Å²) in [4.78, 5) is 2.48. The number of anilines is 3. The summed E-state index contributed by atoms with van der Waals surface area (Å²) in [6.07, 6.45) is 0. The second-order valence-electron chi connectivity index (χ2n) is 15.3. The van der Waals surface area contributed by atoms with Crippen molar-refractivity contribution in [1.29, 1.82) is 0 Å². The molecule has 1 aromatic heterocycles. The third-order valence-corrected chi connectivity index (χ3v) is 13.0. The molecule has 55 heavy (non-hydrogen) atoms. The molecule has 0 atom stereocenters. The molecule has 1 aliphatic carbocycles. The van der Waals surface area contributed by atoms with Crippen LogP contribution >= 0.6 is 11.3 Å². The van der Waals surface area contributed by atoms with E-state index in [-0.39, 0.29) is 5.41 Å². The summed E-state index contributed by atoms with van der Waals surface area (Å²) in [6, 6.07) is 69.7. The van der Waals surface area contributed by atoms with Gasteiger partial charge in [0.15, 0.2) is 0 Å².